The van der Waals surface area contributed by atoms with Gasteiger partial charge in [-0.3, -0.25) is 9.59 Å². The standard InChI is InChI=1S/C16H18F2N2O2/c1-10-8-12(10)16(22)20-6-4-19(5-7-20)15(21)11-2-3-13(17)14(18)9-11/h2-3,9-10,12H,4-8H2,1H3. The van der Waals surface area contributed by atoms with Crippen LogP contribution in [0.25, 0.3) is 0 Å². The molecule has 1 saturated heterocycles. The first-order valence-corrected chi connectivity index (χ1v) is 7.50. The van der Waals surface area contributed by atoms with Gasteiger partial charge in [-0.25, -0.2) is 8.78 Å². The number of benzene rings is 1. The lowest BCUT2D eigenvalue weighted by Crippen LogP contribution is -2.51. The summed E-state index contributed by atoms with van der Waals surface area (Å²) in [5.41, 5.74) is 0.134. The van der Waals surface area contributed by atoms with Crippen molar-refractivity contribution in [3.05, 3.63) is 35.4 Å². The third-order valence-corrected chi connectivity index (χ3v) is 4.47. The largest absolute Gasteiger partial charge is 0.339 e. The summed E-state index contributed by atoms with van der Waals surface area (Å²) in [6.45, 7) is 3.90. The van der Waals surface area contributed by atoms with Crippen LogP contribution < -0.4 is 0 Å². The third kappa shape index (κ3) is 2.82. The zero-order valence-electron chi connectivity index (χ0n) is 12.4. The van der Waals surface area contributed by atoms with Gasteiger partial charge in [0.2, 0.25) is 5.91 Å². The van der Waals surface area contributed by atoms with Gasteiger partial charge in [-0.05, 0) is 30.5 Å². The van der Waals surface area contributed by atoms with Crippen molar-refractivity contribution < 1.29 is 18.4 Å². The average Bonchev–Trinajstić information content (AvgIpc) is 3.25. The van der Waals surface area contributed by atoms with Crippen molar-refractivity contribution in [1.29, 1.82) is 0 Å². The van der Waals surface area contributed by atoms with Crippen LogP contribution in [-0.2, 0) is 4.79 Å². The van der Waals surface area contributed by atoms with Gasteiger partial charge in [-0.1, -0.05) is 6.92 Å². The van der Waals surface area contributed by atoms with Gasteiger partial charge in [0.25, 0.3) is 5.91 Å². The van der Waals surface area contributed by atoms with Crippen molar-refractivity contribution in [3.8, 4) is 0 Å². The molecule has 2 atom stereocenters. The molecule has 22 heavy (non-hydrogen) atoms. The summed E-state index contributed by atoms with van der Waals surface area (Å²) < 4.78 is 26.1. The Morgan fingerprint density at radius 2 is 1.64 bits per heavy atom. The van der Waals surface area contributed by atoms with Crippen molar-refractivity contribution in [3.63, 3.8) is 0 Å². The monoisotopic (exact) mass is 308 g/mol. The van der Waals surface area contributed by atoms with Gasteiger partial charge >= 0.3 is 0 Å². The first-order valence-electron chi connectivity index (χ1n) is 7.50. The van der Waals surface area contributed by atoms with Crippen LogP contribution in [0.2, 0.25) is 0 Å². The molecule has 2 amide bonds. The van der Waals surface area contributed by atoms with Crippen molar-refractivity contribution in [2.75, 3.05) is 26.2 Å². The zero-order chi connectivity index (χ0) is 15.9. The maximum Gasteiger partial charge on any atom is 0.254 e. The molecule has 0 radical (unpaired) electrons. The molecular weight excluding hydrogens is 290 g/mol. The highest BCUT2D eigenvalue weighted by Gasteiger charge is 2.42. The summed E-state index contributed by atoms with van der Waals surface area (Å²) in [5.74, 6) is -1.53. The van der Waals surface area contributed by atoms with E-state index in [2.05, 4.69) is 6.92 Å². The van der Waals surface area contributed by atoms with Crippen LogP contribution in [0.15, 0.2) is 18.2 Å². The molecule has 0 aromatic heterocycles. The Morgan fingerprint density at radius 3 is 2.18 bits per heavy atom. The summed E-state index contributed by atoms with van der Waals surface area (Å²) in [6.07, 6.45) is 0.951. The summed E-state index contributed by atoms with van der Waals surface area (Å²) in [6, 6.07) is 3.15. The molecule has 1 aliphatic carbocycles. The number of halogens is 2. The summed E-state index contributed by atoms with van der Waals surface area (Å²) >= 11 is 0. The summed E-state index contributed by atoms with van der Waals surface area (Å²) in [5, 5.41) is 0. The van der Waals surface area contributed by atoms with E-state index < -0.39 is 11.6 Å². The summed E-state index contributed by atoms with van der Waals surface area (Å²) in [4.78, 5) is 27.8. The number of rotatable bonds is 2. The molecule has 2 aliphatic rings. The molecule has 1 heterocycles. The topological polar surface area (TPSA) is 40.6 Å². The first kappa shape index (κ1) is 14.9. The lowest BCUT2D eigenvalue weighted by Gasteiger charge is -2.35. The number of hydrogen-bond acceptors (Lipinski definition) is 2. The Labute approximate surface area is 127 Å². The van der Waals surface area contributed by atoms with Crippen molar-refractivity contribution in [1.82, 2.24) is 9.80 Å². The van der Waals surface area contributed by atoms with Crippen LogP contribution in [0.1, 0.15) is 23.7 Å². The number of hydrogen-bond donors (Lipinski definition) is 0. The molecule has 0 spiro atoms. The number of amides is 2. The Morgan fingerprint density at radius 1 is 1.05 bits per heavy atom. The van der Waals surface area contributed by atoms with E-state index >= 15 is 0 Å². The minimum Gasteiger partial charge on any atom is -0.339 e. The minimum atomic E-state index is -1.03. The van der Waals surface area contributed by atoms with Gasteiger partial charge in [0.05, 0.1) is 0 Å². The van der Waals surface area contributed by atoms with Crippen molar-refractivity contribution >= 4 is 11.8 Å². The Bertz CT molecular complexity index is 612. The van der Waals surface area contributed by atoms with Gasteiger partial charge in [-0.15, -0.1) is 0 Å². The van der Waals surface area contributed by atoms with Crippen molar-refractivity contribution in [2.24, 2.45) is 11.8 Å². The molecular formula is C16H18F2N2O2. The molecule has 1 saturated carbocycles. The van der Waals surface area contributed by atoms with Gasteiger partial charge in [-0.2, -0.15) is 0 Å². The highest BCUT2D eigenvalue weighted by atomic mass is 19.2. The molecule has 6 heteroatoms. The maximum absolute atomic E-state index is 13.2. The van der Waals surface area contributed by atoms with Crippen LogP contribution in [-0.4, -0.2) is 47.8 Å². The van der Waals surface area contributed by atoms with Crippen LogP contribution in [0.4, 0.5) is 8.78 Å². The average molecular weight is 308 g/mol. The molecule has 2 fully saturated rings. The SMILES string of the molecule is CC1CC1C(=O)N1CCN(C(=O)c2ccc(F)c(F)c2)CC1. The molecule has 0 N–H and O–H groups in total. The van der Waals surface area contributed by atoms with E-state index in [1.54, 1.807) is 9.80 Å². The van der Waals surface area contributed by atoms with E-state index in [-0.39, 0.29) is 23.3 Å². The van der Waals surface area contributed by atoms with Gasteiger partial charge < -0.3 is 9.80 Å². The second-order valence-corrected chi connectivity index (χ2v) is 6.07. The van der Waals surface area contributed by atoms with E-state index in [9.17, 15) is 18.4 Å². The van der Waals surface area contributed by atoms with Gasteiger partial charge in [0.15, 0.2) is 11.6 Å². The Hall–Kier alpha value is -1.98. The van der Waals surface area contributed by atoms with Gasteiger partial charge in [0.1, 0.15) is 0 Å². The molecule has 3 rings (SSSR count). The number of piperazine rings is 1. The molecule has 1 aromatic rings. The van der Waals surface area contributed by atoms with Crippen LogP contribution in [0, 0.1) is 23.5 Å². The maximum atomic E-state index is 13.2. The Balaban J connectivity index is 1.59. The van der Waals surface area contributed by atoms with Gasteiger partial charge in [0, 0.05) is 37.7 Å². The second kappa shape index (κ2) is 5.66. The van der Waals surface area contributed by atoms with Crippen LogP contribution >= 0.6 is 0 Å². The van der Waals surface area contributed by atoms with Crippen LogP contribution in [0.5, 0.6) is 0 Å². The highest BCUT2D eigenvalue weighted by Crippen LogP contribution is 2.39. The Kier molecular flexibility index (Phi) is 3.85. The molecule has 118 valence electrons. The van der Waals surface area contributed by atoms with Crippen LogP contribution in [0.3, 0.4) is 0 Å². The molecule has 1 aliphatic heterocycles. The normalized spacial score (nSPS) is 24.3. The highest BCUT2D eigenvalue weighted by molar-refractivity contribution is 5.94. The fraction of sp³-hybridized carbons (Fsp3) is 0.500. The first-order chi connectivity index (χ1) is 10.5. The number of carbonyl (C=O) groups excluding carboxylic acids is 2. The number of carbonyl (C=O) groups is 2. The van der Waals surface area contributed by atoms with E-state index in [1.165, 1.54) is 6.07 Å². The zero-order valence-corrected chi connectivity index (χ0v) is 12.4. The fourth-order valence-corrected chi connectivity index (χ4v) is 2.84. The molecule has 1 aromatic carbocycles. The molecule has 4 nitrogen and oxygen atoms in total. The second-order valence-electron chi connectivity index (χ2n) is 6.07. The smallest absolute Gasteiger partial charge is 0.254 e. The molecule has 0 bridgehead atoms. The summed E-state index contributed by atoms with van der Waals surface area (Å²) in [7, 11) is 0. The van der Waals surface area contributed by atoms with Crippen molar-refractivity contribution in [2.45, 2.75) is 13.3 Å². The lowest BCUT2D eigenvalue weighted by atomic mass is 10.1. The molecule has 2 unspecified atom stereocenters. The fourth-order valence-electron chi connectivity index (χ4n) is 2.84. The van der Waals surface area contributed by atoms with E-state index in [0.29, 0.717) is 32.1 Å². The minimum absolute atomic E-state index is 0.134. The number of nitrogens with zero attached hydrogens (tertiary/aromatic N) is 2. The van der Waals surface area contributed by atoms with E-state index in [4.69, 9.17) is 0 Å². The predicted octanol–water partition coefficient (Wildman–Crippen LogP) is 1.91. The van der Waals surface area contributed by atoms with E-state index in [1.807, 2.05) is 0 Å². The third-order valence-electron chi connectivity index (χ3n) is 4.47. The van der Waals surface area contributed by atoms with E-state index in [0.717, 1.165) is 18.6 Å². The lowest BCUT2D eigenvalue weighted by molar-refractivity contribution is -0.134. The quantitative estimate of drug-likeness (QED) is 0.837. The predicted molar refractivity (Wildman–Crippen MR) is 76.1 cm³/mol.